The van der Waals surface area contributed by atoms with Gasteiger partial charge in [0.05, 0.1) is 10.0 Å². The maximum Gasteiger partial charge on any atom is 0.0595 e. The van der Waals surface area contributed by atoms with Crippen LogP contribution in [0.5, 0.6) is 0 Å². The number of nitrogens with two attached hydrogens (primary N) is 1. The van der Waals surface area contributed by atoms with Crippen LogP contribution < -0.4 is 5.73 Å². The highest BCUT2D eigenvalue weighted by atomic mass is 35.5. The van der Waals surface area contributed by atoms with E-state index < -0.39 is 0 Å². The third-order valence-electron chi connectivity index (χ3n) is 3.87. The lowest BCUT2D eigenvalue weighted by Crippen LogP contribution is -2.26. The second kappa shape index (κ2) is 6.36. The zero-order chi connectivity index (χ0) is 13.4. The molecule has 0 aliphatic heterocycles. The van der Waals surface area contributed by atoms with Crippen LogP contribution in [0.3, 0.4) is 0 Å². The first-order valence-electron chi connectivity index (χ1n) is 6.42. The van der Waals surface area contributed by atoms with Gasteiger partial charge in [-0.05, 0) is 41.7 Å². The SMILES string of the molecule is Cl.N[C@H]1Cc2ccccc2[C@H]1Cc1ccc(Cl)c(Cl)c1. The molecule has 0 bridgehead atoms. The van der Waals surface area contributed by atoms with Crippen LogP contribution >= 0.6 is 35.6 Å². The Hall–Kier alpha value is -0.730. The van der Waals surface area contributed by atoms with Gasteiger partial charge in [0, 0.05) is 12.0 Å². The Bertz CT molecular complexity index is 612. The van der Waals surface area contributed by atoms with Crippen molar-refractivity contribution in [1.82, 2.24) is 0 Å². The number of hydrogen-bond acceptors (Lipinski definition) is 1. The van der Waals surface area contributed by atoms with E-state index in [4.69, 9.17) is 28.9 Å². The highest BCUT2D eigenvalue weighted by Gasteiger charge is 2.29. The molecule has 1 aliphatic rings. The Kier molecular flexibility index (Phi) is 4.98. The van der Waals surface area contributed by atoms with Crippen molar-refractivity contribution in [2.75, 3.05) is 0 Å². The van der Waals surface area contributed by atoms with Crippen molar-refractivity contribution in [2.45, 2.75) is 24.8 Å². The first-order valence-corrected chi connectivity index (χ1v) is 7.18. The van der Waals surface area contributed by atoms with Gasteiger partial charge in [-0.1, -0.05) is 53.5 Å². The normalized spacial score (nSPS) is 20.4. The zero-order valence-corrected chi connectivity index (χ0v) is 13.2. The van der Waals surface area contributed by atoms with E-state index >= 15 is 0 Å². The van der Waals surface area contributed by atoms with Crippen LogP contribution in [-0.4, -0.2) is 6.04 Å². The molecule has 4 heteroatoms. The number of halogens is 3. The Balaban J connectivity index is 0.00000147. The molecule has 0 unspecified atom stereocenters. The summed E-state index contributed by atoms with van der Waals surface area (Å²) in [5, 5.41) is 1.21. The number of benzene rings is 2. The Morgan fingerprint density at radius 3 is 2.55 bits per heavy atom. The number of hydrogen-bond donors (Lipinski definition) is 1. The molecule has 0 saturated carbocycles. The molecule has 2 aromatic carbocycles. The highest BCUT2D eigenvalue weighted by Crippen LogP contribution is 2.35. The molecule has 0 radical (unpaired) electrons. The molecule has 20 heavy (non-hydrogen) atoms. The fraction of sp³-hybridized carbons (Fsp3) is 0.250. The van der Waals surface area contributed by atoms with Gasteiger partial charge in [-0.2, -0.15) is 0 Å². The predicted octanol–water partition coefficient (Wildman–Crippen LogP) is 4.62. The van der Waals surface area contributed by atoms with Gasteiger partial charge in [0.25, 0.3) is 0 Å². The predicted molar refractivity (Wildman–Crippen MR) is 88.3 cm³/mol. The summed E-state index contributed by atoms with van der Waals surface area (Å²) < 4.78 is 0. The average molecular weight is 329 g/mol. The van der Waals surface area contributed by atoms with Crippen molar-refractivity contribution >= 4 is 35.6 Å². The summed E-state index contributed by atoms with van der Waals surface area (Å²) in [4.78, 5) is 0. The molecule has 0 saturated heterocycles. The van der Waals surface area contributed by atoms with Crippen LogP contribution in [-0.2, 0) is 12.8 Å². The van der Waals surface area contributed by atoms with Crippen LogP contribution in [0.25, 0.3) is 0 Å². The first-order chi connectivity index (χ1) is 9.15. The smallest absolute Gasteiger partial charge is 0.0595 e. The standard InChI is InChI=1S/C16H15Cl2N.ClH/c17-14-6-5-10(8-15(14)18)7-13-12-4-2-1-3-11(12)9-16(13)19;/h1-6,8,13,16H,7,9,19H2;1H/t13-,16+;/m1./s1. The third kappa shape index (κ3) is 2.96. The molecule has 106 valence electrons. The van der Waals surface area contributed by atoms with E-state index in [0.29, 0.717) is 16.0 Å². The van der Waals surface area contributed by atoms with Crippen LogP contribution in [0, 0.1) is 0 Å². The van der Waals surface area contributed by atoms with Gasteiger partial charge in [-0.15, -0.1) is 12.4 Å². The van der Waals surface area contributed by atoms with E-state index in [9.17, 15) is 0 Å². The summed E-state index contributed by atoms with van der Waals surface area (Å²) in [7, 11) is 0. The topological polar surface area (TPSA) is 26.0 Å². The van der Waals surface area contributed by atoms with Gasteiger partial charge in [-0.25, -0.2) is 0 Å². The maximum absolute atomic E-state index is 6.29. The van der Waals surface area contributed by atoms with Gasteiger partial charge >= 0.3 is 0 Å². The van der Waals surface area contributed by atoms with Crippen LogP contribution in [0.2, 0.25) is 10.0 Å². The second-order valence-electron chi connectivity index (χ2n) is 5.13. The van der Waals surface area contributed by atoms with Gasteiger partial charge in [0.2, 0.25) is 0 Å². The van der Waals surface area contributed by atoms with Crippen molar-refractivity contribution in [2.24, 2.45) is 5.73 Å². The molecule has 1 aliphatic carbocycles. The highest BCUT2D eigenvalue weighted by molar-refractivity contribution is 6.42. The summed E-state index contributed by atoms with van der Waals surface area (Å²) >= 11 is 12.0. The molecule has 2 N–H and O–H groups in total. The first kappa shape index (κ1) is 15.7. The van der Waals surface area contributed by atoms with E-state index in [-0.39, 0.29) is 18.4 Å². The van der Waals surface area contributed by atoms with Crippen molar-refractivity contribution < 1.29 is 0 Å². The number of rotatable bonds is 2. The fourth-order valence-corrected chi connectivity index (χ4v) is 3.21. The molecule has 0 fully saturated rings. The molecule has 3 rings (SSSR count). The van der Waals surface area contributed by atoms with Gasteiger partial charge in [0.1, 0.15) is 0 Å². The fourth-order valence-electron chi connectivity index (χ4n) is 2.89. The van der Waals surface area contributed by atoms with E-state index in [2.05, 4.69) is 24.3 Å². The minimum Gasteiger partial charge on any atom is -0.327 e. The van der Waals surface area contributed by atoms with E-state index in [0.717, 1.165) is 12.8 Å². The third-order valence-corrected chi connectivity index (χ3v) is 4.61. The summed E-state index contributed by atoms with van der Waals surface area (Å²) in [5.41, 5.74) is 10.2. The van der Waals surface area contributed by atoms with Crippen LogP contribution in [0.4, 0.5) is 0 Å². The molecule has 0 aromatic heterocycles. The molecular weight excluding hydrogens is 313 g/mol. The van der Waals surface area contributed by atoms with Crippen LogP contribution in [0.15, 0.2) is 42.5 Å². The Labute approximate surface area is 135 Å². The zero-order valence-electron chi connectivity index (χ0n) is 10.9. The molecule has 0 amide bonds. The van der Waals surface area contributed by atoms with Gasteiger partial charge in [0.15, 0.2) is 0 Å². The summed E-state index contributed by atoms with van der Waals surface area (Å²) in [6.45, 7) is 0. The molecule has 1 nitrogen and oxygen atoms in total. The molecule has 0 spiro atoms. The maximum atomic E-state index is 6.29. The lowest BCUT2D eigenvalue weighted by Gasteiger charge is -2.17. The van der Waals surface area contributed by atoms with E-state index in [1.54, 1.807) is 0 Å². The van der Waals surface area contributed by atoms with E-state index in [1.807, 2.05) is 18.2 Å². The second-order valence-corrected chi connectivity index (χ2v) is 5.94. The monoisotopic (exact) mass is 327 g/mol. The Morgan fingerprint density at radius 1 is 1.05 bits per heavy atom. The average Bonchev–Trinajstić information content (AvgIpc) is 2.71. The minimum absolute atomic E-state index is 0. The minimum atomic E-state index is 0. The quantitative estimate of drug-likeness (QED) is 0.855. The molecule has 2 atom stereocenters. The summed E-state index contributed by atoms with van der Waals surface area (Å²) in [6, 6.07) is 14.5. The van der Waals surface area contributed by atoms with Crippen molar-refractivity contribution in [3.63, 3.8) is 0 Å². The molecule has 2 aromatic rings. The lowest BCUT2D eigenvalue weighted by molar-refractivity contribution is 0.570. The Morgan fingerprint density at radius 2 is 1.80 bits per heavy atom. The van der Waals surface area contributed by atoms with Crippen molar-refractivity contribution in [3.8, 4) is 0 Å². The summed E-state index contributed by atoms with van der Waals surface area (Å²) in [5.74, 6) is 0.369. The largest absolute Gasteiger partial charge is 0.327 e. The molecular formula is C16H16Cl3N. The summed E-state index contributed by atoms with van der Waals surface area (Å²) in [6.07, 6.45) is 1.87. The molecule has 0 heterocycles. The van der Waals surface area contributed by atoms with Crippen LogP contribution in [0.1, 0.15) is 22.6 Å². The van der Waals surface area contributed by atoms with Gasteiger partial charge in [-0.3, -0.25) is 0 Å². The van der Waals surface area contributed by atoms with Crippen molar-refractivity contribution in [3.05, 3.63) is 69.2 Å². The number of fused-ring (bicyclic) bond motifs is 1. The lowest BCUT2D eigenvalue weighted by atomic mass is 9.91. The van der Waals surface area contributed by atoms with Gasteiger partial charge < -0.3 is 5.73 Å². The van der Waals surface area contributed by atoms with E-state index in [1.165, 1.54) is 16.7 Å². The van der Waals surface area contributed by atoms with Crippen molar-refractivity contribution in [1.29, 1.82) is 0 Å².